The molecule has 0 radical (unpaired) electrons. The fourth-order valence-electron chi connectivity index (χ4n) is 2.26. The van der Waals surface area contributed by atoms with Crippen LogP contribution in [0.25, 0.3) is 0 Å². The van der Waals surface area contributed by atoms with Crippen molar-refractivity contribution in [2.45, 2.75) is 30.6 Å². The molecule has 0 saturated heterocycles. The van der Waals surface area contributed by atoms with Gasteiger partial charge >= 0.3 is 10.2 Å². The van der Waals surface area contributed by atoms with Crippen molar-refractivity contribution >= 4 is 15.9 Å². The topological polar surface area (TPSA) is 60.2 Å². The van der Waals surface area contributed by atoms with Gasteiger partial charge in [-0.2, -0.15) is 8.42 Å². The quantitative estimate of drug-likeness (QED) is 0.505. The largest absolute Gasteiger partial charge is 0.399 e. The van der Waals surface area contributed by atoms with Crippen LogP contribution >= 0.6 is 0 Å². The number of aryl methyl sites for hydroxylation is 2. The van der Waals surface area contributed by atoms with Crippen molar-refractivity contribution in [1.82, 2.24) is 0 Å². The molecule has 2 N–H and O–H groups in total. The third-order valence-corrected chi connectivity index (χ3v) is 4.13. The molecule has 5 heteroatoms. The summed E-state index contributed by atoms with van der Waals surface area (Å²) >= 11 is 0. The molecule has 0 unspecified atom stereocenters. The van der Waals surface area contributed by atoms with Crippen molar-refractivity contribution in [3.63, 3.8) is 0 Å². The smallest absolute Gasteiger partial charge is 0.332 e. The molecular weight excluding hydrogens is 289 g/mol. The van der Waals surface area contributed by atoms with Crippen molar-refractivity contribution in [1.29, 1.82) is 0 Å². The van der Waals surface area contributed by atoms with Crippen LogP contribution in [0.5, 0.6) is 0 Å². The Bertz CT molecular complexity index is 714. The molecule has 0 spiro atoms. The summed E-state index contributed by atoms with van der Waals surface area (Å²) < 4.78 is 34.6. The van der Waals surface area contributed by atoms with Gasteiger partial charge in [-0.3, -0.25) is 0 Å². The van der Waals surface area contributed by atoms with E-state index >= 15 is 0 Å². The fraction of sp³-hybridized carbons (Fsp3) is 0.250. The predicted octanol–water partition coefficient (Wildman–Crippen LogP) is 3.49. The van der Waals surface area contributed by atoms with Crippen molar-refractivity contribution in [3.8, 4) is 0 Å². The van der Waals surface area contributed by atoms with Crippen LogP contribution in [0.4, 0.5) is 9.57 Å². The van der Waals surface area contributed by atoms with E-state index in [-0.39, 0.29) is 4.90 Å². The molecule has 2 aromatic rings. The van der Waals surface area contributed by atoms with E-state index in [1.54, 1.807) is 6.07 Å². The highest BCUT2D eigenvalue weighted by molar-refractivity contribution is 7.86. The Morgan fingerprint density at radius 3 is 2.05 bits per heavy atom. The maximum Gasteiger partial charge on any atom is 0.332 e. The van der Waals surface area contributed by atoms with Gasteiger partial charge in [-0.15, -0.1) is 3.89 Å². The highest BCUT2D eigenvalue weighted by Gasteiger charge is 2.11. The lowest BCUT2D eigenvalue weighted by Crippen LogP contribution is -1.95. The van der Waals surface area contributed by atoms with Gasteiger partial charge in [0.05, 0.1) is 4.90 Å². The van der Waals surface area contributed by atoms with Crippen molar-refractivity contribution in [3.05, 3.63) is 59.7 Å². The first-order valence-corrected chi connectivity index (χ1v) is 8.21. The predicted molar refractivity (Wildman–Crippen MR) is 82.2 cm³/mol. The molecule has 0 atom stereocenters. The Morgan fingerprint density at radius 2 is 1.48 bits per heavy atom. The second-order valence-corrected chi connectivity index (χ2v) is 6.38. The van der Waals surface area contributed by atoms with E-state index in [0.717, 1.165) is 36.9 Å². The minimum Gasteiger partial charge on any atom is -0.399 e. The van der Waals surface area contributed by atoms with E-state index in [9.17, 15) is 12.3 Å². The summed E-state index contributed by atoms with van der Waals surface area (Å²) in [5, 5.41) is 0. The first-order chi connectivity index (χ1) is 9.95. The molecule has 0 aromatic heterocycles. The molecule has 0 aliphatic heterocycles. The number of halogens is 1. The number of anilines is 1. The van der Waals surface area contributed by atoms with Crippen LogP contribution in [0.15, 0.2) is 53.4 Å². The standard InChI is InChI=1S/C16H18FNO2S/c17-21(19,20)16-10-4-8-14(12-16)6-2-1-5-13-7-3-9-15(18)11-13/h3-4,7-12H,1-2,5-6,18H2. The number of benzene rings is 2. The van der Waals surface area contributed by atoms with E-state index in [0.29, 0.717) is 0 Å². The average Bonchev–Trinajstić information content (AvgIpc) is 2.43. The van der Waals surface area contributed by atoms with E-state index in [2.05, 4.69) is 0 Å². The number of hydrogen-bond donors (Lipinski definition) is 1. The van der Waals surface area contributed by atoms with Gasteiger partial charge in [0.2, 0.25) is 0 Å². The molecule has 2 aromatic carbocycles. The summed E-state index contributed by atoms with van der Waals surface area (Å²) in [5.41, 5.74) is 8.50. The Balaban J connectivity index is 1.87. The van der Waals surface area contributed by atoms with E-state index < -0.39 is 10.2 Å². The first-order valence-electron chi connectivity index (χ1n) is 6.83. The second-order valence-electron chi connectivity index (χ2n) is 5.04. The lowest BCUT2D eigenvalue weighted by atomic mass is 10.0. The molecule has 0 heterocycles. The summed E-state index contributed by atoms with van der Waals surface area (Å²) in [6.07, 6.45) is 3.53. The van der Waals surface area contributed by atoms with Crippen LogP contribution in [0.3, 0.4) is 0 Å². The average molecular weight is 307 g/mol. The molecule has 0 aliphatic rings. The zero-order chi connectivity index (χ0) is 15.3. The first kappa shape index (κ1) is 15.5. The normalized spacial score (nSPS) is 11.5. The molecule has 3 nitrogen and oxygen atoms in total. The maximum absolute atomic E-state index is 12.9. The van der Waals surface area contributed by atoms with Crippen LogP contribution in [0, 0.1) is 0 Å². The van der Waals surface area contributed by atoms with E-state index in [4.69, 9.17) is 5.73 Å². The van der Waals surface area contributed by atoms with E-state index in [1.165, 1.54) is 17.7 Å². The zero-order valence-corrected chi connectivity index (χ0v) is 12.4. The second kappa shape index (κ2) is 6.72. The molecule has 0 aliphatic carbocycles. The van der Waals surface area contributed by atoms with Gasteiger partial charge in [-0.25, -0.2) is 0 Å². The van der Waals surface area contributed by atoms with Gasteiger partial charge in [-0.05, 0) is 61.1 Å². The van der Waals surface area contributed by atoms with Crippen LogP contribution < -0.4 is 5.73 Å². The molecule has 0 amide bonds. The van der Waals surface area contributed by atoms with Crippen LogP contribution in [-0.4, -0.2) is 8.42 Å². The minimum absolute atomic E-state index is 0.268. The monoisotopic (exact) mass is 307 g/mol. The van der Waals surface area contributed by atoms with Gasteiger partial charge in [0, 0.05) is 5.69 Å². The third kappa shape index (κ3) is 4.86. The summed E-state index contributed by atoms with van der Waals surface area (Å²) in [7, 11) is -4.62. The Hall–Kier alpha value is -1.88. The minimum atomic E-state index is -4.62. The van der Waals surface area contributed by atoms with Crippen molar-refractivity contribution in [2.24, 2.45) is 0 Å². The summed E-state index contributed by atoms with van der Waals surface area (Å²) in [6.45, 7) is 0. The van der Waals surface area contributed by atoms with Crippen LogP contribution in [-0.2, 0) is 23.1 Å². The molecule has 21 heavy (non-hydrogen) atoms. The van der Waals surface area contributed by atoms with E-state index in [1.807, 2.05) is 30.3 Å². The number of nitrogens with two attached hydrogens (primary N) is 1. The summed E-state index contributed by atoms with van der Waals surface area (Å²) in [6, 6.07) is 13.8. The van der Waals surface area contributed by atoms with Crippen molar-refractivity contribution < 1.29 is 12.3 Å². The lowest BCUT2D eigenvalue weighted by Gasteiger charge is -2.04. The molecule has 2 rings (SSSR count). The maximum atomic E-state index is 12.9. The fourth-order valence-corrected chi connectivity index (χ4v) is 2.79. The third-order valence-electron chi connectivity index (χ3n) is 3.31. The number of nitrogen functional groups attached to an aromatic ring is 1. The Kier molecular flexibility index (Phi) is 4.96. The summed E-state index contributed by atoms with van der Waals surface area (Å²) in [4.78, 5) is -0.268. The molecule has 0 saturated carbocycles. The number of rotatable bonds is 6. The van der Waals surface area contributed by atoms with Crippen LogP contribution in [0.1, 0.15) is 24.0 Å². The Morgan fingerprint density at radius 1 is 0.905 bits per heavy atom. The van der Waals surface area contributed by atoms with Gasteiger partial charge in [0.25, 0.3) is 0 Å². The SMILES string of the molecule is Nc1cccc(CCCCc2cccc(S(=O)(=O)F)c2)c1. The van der Waals surface area contributed by atoms with Crippen LogP contribution in [0.2, 0.25) is 0 Å². The molecule has 0 bridgehead atoms. The van der Waals surface area contributed by atoms with Gasteiger partial charge < -0.3 is 5.73 Å². The highest BCUT2D eigenvalue weighted by atomic mass is 32.3. The Labute approximate surface area is 124 Å². The molecule has 112 valence electrons. The van der Waals surface area contributed by atoms with Gasteiger partial charge in [-0.1, -0.05) is 24.3 Å². The zero-order valence-electron chi connectivity index (χ0n) is 11.6. The molecular formula is C16H18FNO2S. The number of hydrogen-bond acceptors (Lipinski definition) is 3. The van der Waals surface area contributed by atoms with Gasteiger partial charge in [0.1, 0.15) is 0 Å². The van der Waals surface area contributed by atoms with Crippen molar-refractivity contribution in [2.75, 3.05) is 5.73 Å². The molecule has 0 fully saturated rings. The summed E-state index contributed by atoms with van der Waals surface area (Å²) in [5.74, 6) is 0. The highest BCUT2D eigenvalue weighted by Crippen LogP contribution is 2.16. The van der Waals surface area contributed by atoms with Gasteiger partial charge in [0.15, 0.2) is 0 Å². The number of unbranched alkanes of at least 4 members (excludes halogenated alkanes) is 1. The lowest BCUT2D eigenvalue weighted by molar-refractivity contribution is 0.552.